The van der Waals surface area contributed by atoms with Crippen molar-refractivity contribution in [2.75, 3.05) is 16.4 Å². The molecular formula is C14H17NO3S. The van der Waals surface area contributed by atoms with Crippen molar-refractivity contribution in [3.63, 3.8) is 0 Å². The topological polar surface area (TPSA) is 54.5 Å². The molecule has 2 aliphatic rings. The zero-order chi connectivity index (χ0) is 13.6. The Balaban J connectivity index is 1.89. The van der Waals surface area contributed by atoms with Gasteiger partial charge in [-0.3, -0.25) is 4.79 Å². The number of carbonyl (C=O) groups excluding carboxylic acids is 1. The number of anilines is 1. The summed E-state index contributed by atoms with van der Waals surface area (Å²) in [5, 5.41) is 0. The second-order valence-corrected chi connectivity index (χ2v) is 7.72. The van der Waals surface area contributed by atoms with E-state index in [2.05, 4.69) is 0 Å². The molecule has 0 spiro atoms. The molecule has 5 heteroatoms. The van der Waals surface area contributed by atoms with Gasteiger partial charge in [0, 0.05) is 11.7 Å². The van der Waals surface area contributed by atoms with Crippen molar-refractivity contribution in [1.29, 1.82) is 0 Å². The standard InChI is InChI=1S/C14H17NO3S/c1-10-8-11-4-2-3-5-13(11)15(10)14(16)12-6-7-19(17,18)9-12/h2-5,10,12H,6-9H2,1H3/t10-,12+/m1/s1. The molecule has 1 aromatic rings. The summed E-state index contributed by atoms with van der Waals surface area (Å²) in [6.07, 6.45) is 1.31. The van der Waals surface area contributed by atoms with Crippen LogP contribution in [0.15, 0.2) is 24.3 Å². The maximum absolute atomic E-state index is 12.6. The van der Waals surface area contributed by atoms with E-state index in [1.165, 1.54) is 5.56 Å². The van der Waals surface area contributed by atoms with Crippen LogP contribution in [-0.2, 0) is 21.1 Å². The van der Waals surface area contributed by atoms with E-state index in [1.54, 1.807) is 4.90 Å². The molecule has 102 valence electrons. The Labute approximate surface area is 113 Å². The molecule has 0 aromatic heterocycles. The summed E-state index contributed by atoms with van der Waals surface area (Å²) >= 11 is 0. The van der Waals surface area contributed by atoms with Crippen LogP contribution >= 0.6 is 0 Å². The predicted molar refractivity (Wildman–Crippen MR) is 73.9 cm³/mol. The molecule has 0 saturated carbocycles. The maximum atomic E-state index is 12.6. The molecule has 2 aliphatic heterocycles. The van der Waals surface area contributed by atoms with Crippen molar-refractivity contribution >= 4 is 21.4 Å². The Hall–Kier alpha value is -1.36. The summed E-state index contributed by atoms with van der Waals surface area (Å²) in [5.74, 6) is -0.234. The van der Waals surface area contributed by atoms with Gasteiger partial charge in [-0.25, -0.2) is 8.42 Å². The quantitative estimate of drug-likeness (QED) is 0.781. The molecule has 0 bridgehead atoms. The summed E-state index contributed by atoms with van der Waals surface area (Å²) < 4.78 is 23.0. The van der Waals surface area contributed by atoms with Crippen LogP contribution in [0.3, 0.4) is 0 Å². The lowest BCUT2D eigenvalue weighted by Gasteiger charge is -2.25. The van der Waals surface area contributed by atoms with Crippen LogP contribution in [-0.4, -0.2) is 31.9 Å². The first-order valence-electron chi connectivity index (χ1n) is 6.59. The van der Waals surface area contributed by atoms with Gasteiger partial charge in [0.15, 0.2) is 9.84 Å². The number of benzene rings is 1. The van der Waals surface area contributed by atoms with E-state index in [1.807, 2.05) is 31.2 Å². The minimum Gasteiger partial charge on any atom is -0.309 e. The molecule has 2 atom stereocenters. The Morgan fingerprint density at radius 1 is 1.32 bits per heavy atom. The van der Waals surface area contributed by atoms with Crippen molar-refractivity contribution in [1.82, 2.24) is 0 Å². The van der Waals surface area contributed by atoms with E-state index >= 15 is 0 Å². The fourth-order valence-corrected chi connectivity index (χ4v) is 4.82. The Morgan fingerprint density at radius 2 is 2.05 bits per heavy atom. The average molecular weight is 279 g/mol. The van der Waals surface area contributed by atoms with Gasteiger partial charge in [0.1, 0.15) is 0 Å². The highest BCUT2D eigenvalue weighted by Gasteiger charge is 2.39. The third-order valence-electron chi connectivity index (χ3n) is 4.03. The van der Waals surface area contributed by atoms with E-state index in [-0.39, 0.29) is 29.4 Å². The molecule has 0 N–H and O–H groups in total. The maximum Gasteiger partial charge on any atom is 0.231 e. The molecular weight excluding hydrogens is 262 g/mol. The molecule has 1 aromatic carbocycles. The van der Waals surface area contributed by atoms with E-state index in [4.69, 9.17) is 0 Å². The first-order chi connectivity index (χ1) is 8.98. The van der Waals surface area contributed by atoms with E-state index in [9.17, 15) is 13.2 Å². The summed E-state index contributed by atoms with van der Waals surface area (Å²) in [5.41, 5.74) is 2.12. The van der Waals surface area contributed by atoms with Gasteiger partial charge in [0.25, 0.3) is 0 Å². The number of hydrogen-bond donors (Lipinski definition) is 0. The Kier molecular flexibility index (Phi) is 2.89. The van der Waals surface area contributed by atoms with Gasteiger partial charge in [0.2, 0.25) is 5.91 Å². The minimum atomic E-state index is -3.01. The summed E-state index contributed by atoms with van der Waals surface area (Å²) in [4.78, 5) is 14.4. The second-order valence-electron chi connectivity index (χ2n) is 5.49. The minimum absolute atomic E-state index is 0.0111. The van der Waals surface area contributed by atoms with Crippen LogP contribution in [0.1, 0.15) is 18.9 Å². The van der Waals surface area contributed by atoms with Gasteiger partial charge >= 0.3 is 0 Å². The molecule has 1 amide bonds. The van der Waals surface area contributed by atoms with Crippen LogP contribution in [0.2, 0.25) is 0 Å². The number of rotatable bonds is 1. The average Bonchev–Trinajstić information content (AvgIpc) is 2.87. The highest BCUT2D eigenvalue weighted by atomic mass is 32.2. The SMILES string of the molecule is C[C@@H]1Cc2ccccc2N1C(=O)[C@H]1CCS(=O)(=O)C1. The van der Waals surface area contributed by atoms with Crippen molar-refractivity contribution in [2.24, 2.45) is 5.92 Å². The van der Waals surface area contributed by atoms with Gasteiger partial charge in [-0.15, -0.1) is 0 Å². The zero-order valence-electron chi connectivity index (χ0n) is 10.9. The smallest absolute Gasteiger partial charge is 0.231 e. The first-order valence-corrected chi connectivity index (χ1v) is 8.41. The zero-order valence-corrected chi connectivity index (χ0v) is 11.7. The number of para-hydroxylation sites is 1. The lowest BCUT2D eigenvalue weighted by molar-refractivity contribution is -0.121. The third-order valence-corrected chi connectivity index (χ3v) is 5.79. The summed E-state index contributed by atoms with van der Waals surface area (Å²) in [7, 11) is -3.01. The summed E-state index contributed by atoms with van der Waals surface area (Å²) in [6, 6.07) is 7.99. The molecule has 0 radical (unpaired) electrons. The van der Waals surface area contributed by atoms with Crippen molar-refractivity contribution in [2.45, 2.75) is 25.8 Å². The fourth-order valence-electron chi connectivity index (χ4n) is 3.09. The number of carbonyl (C=O) groups is 1. The number of sulfone groups is 1. The molecule has 3 rings (SSSR count). The second kappa shape index (κ2) is 4.34. The molecule has 1 saturated heterocycles. The largest absolute Gasteiger partial charge is 0.309 e. The van der Waals surface area contributed by atoms with E-state index in [0.717, 1.165) is 12.1 Å². The van der Waals surface area contributed by atoms with Crippen LogP contribution in [0.25, 0.3) is 0 Å². The predicted octanol–water partition coefficient (Wildman–Crippen LogP) is 1.40. The van der Waals surface area contributed by atoms with E-state index in [0.29, 0.717) is 6.42 Å². The van der Waals surface area contributed by atoms with Gasteiger partial charge in [0.05, 0.1) is 17.4 Å². The Bertz CT molecular complexity index is 623. The molecule has 19 heavy (non-hydrogen) atoms. The first kappa shape index (κ1) is 12.7. The van der Waals surface area contributed by atoms with Crippen LogP contribution < -0.4 is 4.90 Å². The molecule has 0 aliphatic carbocycles. The lowest BCUT2D eigenvalue weighted by atomic mass is 10.1. The van der Waals surface area contributed by atoms with Crippen molar-refractivity contribution < 1.29 is 13.2 Å². The van der Waals surface area contributed by atoms with Gasteiger partial charge in [-0.1, -0.05) is 18.2 Å². The molecule has 2 heterocycles. The van der Waals surface area contributed by atoms with Gasteiger partial charge in [-0.2, -0.15) is 0 Å². The highest BCUT2D eigenvalue weighted by Crippen LogP contribution is 2.34. The number of amides is 1. The fraction of sp³-hybridized carbons (Fsp3) is 0.500. The van der Waals surface area contributed by atoms with Crippen molar-refractivity contribution in [3.05, 3.63) is 29.8 Å². The highest BCUT2D eigenvalue weighted by molar-refractivity contribution is 7.91. The third kappa shape index (κ3) is 2.16. The van der Waals surface area contributed by atoms with Crippen LogP contribution in [0.4, 0.5) is 5.69 Å². The number of nitrogens with zero attached hydrogens (tertiary/aromatic N) is 1. The van der Waals surface area contributed by atoms with Crippen LogP contribution in [0.5, 0.6) is 0 Å². The Morgan fingerprint density at radius 3 is 2.74 bits per heavy atom. The van der Waals surface area contributed by atoms with Gasteiger partial charge in [-0.05, 0) is 31.4 Å². The number of hydrogen-bond acceptors (Lipinski definition) is 3. The van der Waals surface area contributed by atoms with Gasteiger partial charge < -0.3 is 4.90 Å². The lowest BCUT2D eigenvalue weighted by Crippen LogP contribution is -2.40. The number of fused-ring (bicyclic) bond motifs is 1. The molecule has 1 fully saturated rings. The molecule has 0 unspecified atom stereocenters. The molecule has 4 nitrogen and oxygen atoms in total. The normalized spacial score (nSPS) is 28.4. The summed E-state index contributed by atoms with van der Waals surface area (Å²) in [6.45, 7) is 2.02. The van der Waals surface area contributed by atoms with E-state index < -0.39 is 9.84 Å². The van der Waals surface area contributed by atoms with Crippen molar-refractivity contribution in [3.8, 4) is 0 Å². The van der Waals surface area contributed by atoms with Crippen LogP contribution in [0, 0.1) is 5.92 Å². The monoisotopic (exact) mass is 279 g/mol.